The number of ether oxygens (including phenoxy) is 1. The summed E-state index contributed by atoms with van der Waals surface area (Å²) in [5, 5.41) is 0. The van der Waals surface area contributed by atoms with Gasteiger partial charge in [-0.1, -0.05) is 63.2 Å². The Bertz CT molecular complexity index is 1090. The number of nitrogens with two attached hydrogens (primary N) is 1. The molecule has 0 unspecified atom stereocenters. The van der Waals surface area contributed by atoms with Gasteiger partial charge >= 0.3 is 0 Å². The zero-order valence-electron chi connectivity index (χ0n) is 20.7. The Morgan fingerprint density at radius 1 is 1.14 bits per heavy atom. The fourth-order valence-corrected chi connectivity index (χ4v) is 4.15. The minimum absolute atomic E-state index is 0.176. The molecule has 0 spiro atoms. The van der Waals surface area contributed by atoms with Gasteiger partial charge in [-0.3, -0.25) is 4.79 Å². The van der Waals surface area contributed by atoms with Crippen molar-refractivity contribution in [1.29, 1.82) is 0 Å². The molecule has 0 aliphatic carbocycles. The molecule has 188 valence electrons. The summed E-state index contributed by atoms with van der Waals surface area (Å²) < 4.78 is 35.2. The van der Waals surface area contributed by atoms with E-state index in [1.165, 1.54) is 24.1 Å². The van der Waals surface area contributed by atoms with Crippen molar-refractivity contribution in [3.8, 4) is 11.3 Å². The second-order valence-electron chi connectivity index (χ2n) is 9.69. The first-order valence-electron chi connectivity index (χ1n) is 11.6. The molecule has 0 saturated carbocycles. The average molecular weight is 485 g/mol. The van der Waals surface area contributed by atoms with E-state index in [1.807, 2.05) is 61.9 Å². The number of methoxy groups -OCH3 is 1. The topological polar surface area (TPSA) is 73.4 Å². The van der Waals surface area contributed by atoms with Crippen LogP contribution >= 0.6 is 0 Å². The van der Waals surface area contributed by atoms with E-state index in [2.05, 4.69) is 0 Å². The third kappa shape index (κ3) is 6.74. The van der Waals surface area contributed by atoms with Gasteiger partial charge in [0.25, 0.3) is 0 Å². The number of aromatic nitrogens is 2. The first-order chi connectivity index (χ1) is 16.6. The van der Waals surface area contributed by atoms with E-state index in [9.17, 15) is 13.6 Å². The van der Waals surface area contributed by atoms with E-state index in [1.54, 1.807) is 12.1 Å². The lowest BCUT2D eigenvalue weighted by atomic mass is 9.84. The van der Waals surface area contributed by atoms with Gasteiger partial charge in [-0.25, -0.2) is 13.8 Å². The van der Waals surface area contributed by atoms with Crippen LogP contribution in [0.15, 0.2) is 60.8 Å². The lowest BCUT2D eigenvalue weighted by molar-refractivity contribution is -0.141. The maximum Gasteiger partial charge on any atom is 0.249 e. The number of halogens is 2. The molecule has 0 fully saturated rings. The SMILES string of the molecule is COCC(=O)N(C[C@@H](F)CN)[C@@H](c1nc(-c2ccccc2)cn1Cc1ccc(F)cc1)C(C)(C)C. The van der Waals surface area contributed by atoms with Gasteiger partial charge in [0.2, 0.25) is 5.91 Å². The number of hydrogen-bond donors (Lipinski definition) is 1. The molecule has 1 heterocycles. The Hall–Kier alpha value is -3.10. The molecule has 0 aliphatic heterocycles. The number of hydrogen-bond acceptors (Lipinski definition) is 4. The molecule has 3 rings (SSSR count). The summed E-state index contributed by atoms with van der Waals surface area (Å²) in [6.07, 6.45) is 0.525. The number of benzene rings is 2. The molecule has 0 saturated heterocycles. The zero-order valence-corrected chi connectivity index (χ0v) is 20.7. The Morgan fingerprint density at radius 3 is 2.37 bits per heavy atom. The summed E-state index contributed by atoms with van der Waals surface area (Å²) in [5.41, 5.74) is 7.59. The van der Waals surface area contributed by atoms with E-state index >= 15 is 0 Å². The molecular formula is C27H34F2N4O2. The van der Waals surface area contributed by atoms with Crippen LogP contribution in [0.1, 0.15) is 38.2 Å². The van der Waals surface area contributed by atoms with E-state index < -0.39 is 17.6 Å². The second kappa shape index (κ2) is 11.6. The molecule has 35 heavy (non-hydrogen) atoms. The van der Waals surface area contributed by atoms with Crippen molar-refractivity contribution in [1.82, 2.24) is 14.5 Å². The molecular weight excluding hydrogens is 450 g/mol. The molecule has 0 aliphatic rings. The van der Waals surface area contributed by atoms with Crippen molar-refractivity contribution in [3.05, 3.63) is 78.0 Å². The van der Waals surface area contributed by atoms with Crippen LogP contribution in [-0.2, 0) is 16.1 Å². The van der Waals surface area contributed by atoms with Crippen molar-refractivity contribution >= 4 is 5.91 Å². The Morgan fingerprint density at radius 2 is 1.80 bits per heavy atom. The second-order valence-corrected chi connectivity index (χ2v) is 9.69. The Balaban J connectivity index is 2.16. The fourth-order valence-electron chi connectivity index (χ4n) is 4.15. The third-order valence-corrected chi connectivity index (χ3v) is 5.76. The van der Waals surface area contributed by atoms with Crippen molar-refractivity contribution < 1.29 is 18.3 Å². The number of imidazole rings is 1. The van der Waals surface area contributed by atoms with Crippen LogP contribution in [0.4, 0.5) is 8.78 Å². The molecule has 1 aromatic heterocycles. The first-order valence-corrected chi connectivity index (χ1v) is 11.6. The molecule has 0 bridgehead atoms. The summed E-state index contributed by atoms with van der Waals surface area (Å²) in [4.78, 5) is 19.6. The molecule has 2 atom stereocenters. The number of carbonyl (C=O) groups is 1. The van der Waals surface area contributed by atoms with Gasteiger partial charge < -0.3 is 19.9 Å². The van der Waals surface area contributed by atoms with Crippen LogP contribution in [0, 0.1) is 11.2 Å². The van der Waals surface area contributed by atoms with E-state index in [0.717, 1.165) is 16.8 Å². The van der Waals surface area contributed by atoms with Crippen molar-refractivity contribution in [2.45, 2.75) is 39.5 Å². The van der Waals surface area contributed by atoms with E-state index in [0.29, 0.717) is 12.4 Å². The summed E-state index contributed by atoms with van der Waals surface area (Å²) in [7, 11) is 1.43. The monoisotopic (exact) mass is 484 g/mol. The summed E-state index contributed by atoms with van der Waals surface area (Å²) in [6.45, 7) is 5.80. The summed E-state index contributed by atoms with van der Waals surface area (Å²) >= 11 is 0. The maximum atomic E-state index is 14.6. The van der Waals surface area contributed by atoms with E-state index in [-0.39, 0.29) is 31.4 Å². The molecule has 6 nitrogen and oxygen atoms in total. The predicted octanol–water partition coefficient (Wildman–Crippen LogP) is 4.60. The first kappa shape index (κ1) is 26.5. The number of nitrogens with zero attached hydrogens (tertiary/aromatic N) is 3. The Kier molecular flexibility index (Phi) is 8.75. The number of amides is 1. The summed E-state index contributed by atoms with van der Waals surface area (Å²) in [6, 6.07) is 15.4. The maximum absolute atomic E-state index is 14.6. The molecule has 1 amide bonds. The van der Waals surface area contributed by atoms with Gasteiger partial charge in [0.15, 0.2) is 0 Å². The normalized spacial score (nSPS) is 13.5. The minimum Gasteiger partial charge on any atom is -0.375 e. The van der Waals surface area contributed by atoms with Gasteiger partial charge in [-0.05, 0) is 23.1 Å². The van der Waals surface area contributed by atoms with Crippen LogP contribution < -0.4 is 5.73 Å². The van der Waals surface area contributed by atoms with Crippen LogP contribution in [0.5, 0.6) is 0 Å². The van der Waals surface area contributed by atoms with Crippen LogP contribution in [0.2, 0.25) is 0 Å². The molecule has 2 aromatic carbocycles. The van der Waals surface area contributed by atoms with Gasteiger partial charge in [-0.2, -0.15) is 0 Å². The lowest BCUT2D eigenvalue weighted by Crippen LogP contribution is -2.47. The highest BCUT2D eigenvalue weighted by molar-refractivity contribution is 5.78. The van der Waals surface area contributed by atoms with Gasteiger partial charge in [-0.15, -0.1) is 0 Å². The standard InChI is InChI=1S/C27H34F2N4O2/c1-27(2,3)25(33(16-22(29)14-30)24(34)18-35-4)26-31-23(20-8-6-5-7-9-20)17-32(26)15-19-10-12-21(28)13-11-19/h5-13,17,22,25H,14-16,18,30H2,1-4H3/t22-,25-/m0/s1. The van der Waals surface area contributed by atoms with Crippen molar-refractivity contribution in [2.75, 3.05) is 26.8 Å². The Labute approximate surface area is 205 Å². The highest BCUT2D eigenvalue weighted by Gasteiger charge is 2.39. The number of rotatable bonds is 10. The van der Waals surface area contributed by atoms with Gasteiger partial charge in [0.1, 0.15) is 24.4 Å². The predicted molar refractivity (Wildman–Crippen MR) is 133 cm³/mol. The fraction of sp³-hybridized carbons (Fsp3) is 0.407. The highest BCUT2D eigenvalue weighted by Crippen LogP contribution is 2.39. The third-order valence-electron chi connectivity index (χ3n) is 5.76. The van der Waals surface area contributed by atoms with Crippen molar-refractivity contribution in [3.63, 3.8) is 0 Å². The summed E-state index contributed by atoms with van der Waals surface area (Å²) in [5.74, 6) is -0.0558. The number of carbonyl (C=O) groups excluding carboxylic acids is 1. The largest absolute Gasteiger partial charge is 0.375 e. The smallest absolute Gasteiger partial charge is 0.249 e. The van der Waals surface area contributed by atoms with Crippen molar-refractivity contribution in [2.24, 2.45) is 11.1 Å². The molecule has 2 N–H and O–H groups in total. The quantitative estimate of drug-likeness (QED) is 0.457. The zero-order chi connectivity index (χ0) is 25.6. The molecule has 0 radical (unpaired) electrons. The molecule has 3 aromatic rings. The van der Waals surface area contributed by atoms with Gasteiger partial charge in [0, 0.05) is 32.0 Å². The minimum atomic E-state index is -1.39. The lowest BCUT2D eigenvalue weighted by Gasteiger charge is -2.40. The number of alkyl halides is 1. The highest BCUT2D eigenvalue weighted by atomic mass is 19.1. The molecule has 8 heteroatoms. The van der Waals surface area contributed by atoms with E-state index in [4.69, 9.17) is 15.5 Å². The average Bonchev–Trinajstić information content (AvgIpc) is 3.22. The van der Waals surface area contributed by atoms with Gasteiger partial charge in [0.05, 0.1) is 18.3 Å². The van der Waals surface area contributed by atoms with Crippen LogP contribution in [0.3, 0.4) is 0 Å². The van der Waals surface area contributed by atoms with Crippen LogP contribution in [-0.4, -0.2) is 53.3 Å². The van der Waals surface area contributed by atoms with Crippen LogP contribution in [0.25, 0.3) is 11.3 Å².